The number of terminal acetylenes is 1. The van der Waals surface area contributed by atoms with Gasteiger partial charge in [-0.2, -0.15) is 0 Å². The van der Waals surface area contributed by atoms with Crippen LogP contribution in [0.4, 0.5) is 0 Å². The van der Waals surface area contributed by atoms with Crippen LogP contribution in [0, 0.1) is 12.3 Å². The van der Waals surface area contributed by atoms with Gasteiger partial charge in [-0.15, -0.1) is 12.3 Å². The Morgan fingerprint density at radius 3 is 3.07 bits per heavy atom. The molecule has 1 aromatic heterocycles. The first kappa shape index (κ1) is 10.8. The van der Waals surface area contributed by atoms with Crippen LogP contribution in [-0.2, 0) is 13.5 Å². The summed E-state index contributed by atoms with van der Waals surface area (Å²) in [6.45, 7) is 3.02. The molecule has 3 heteroatoms. The van der Waals surface area contributed by atoms with E-state index in [1.165, 1.54) is 0 Å². The van der Waals surface area contributed by atoms with Crippen molar-refractivity contribution in [3.8, 4) is 12.3 Å². The fraction of sp³-hybridized carbons (Fsp3) is 0.545. The normalized spacial score (nSPS) is 12.4. The van der Waals surface area contributed by atoms with E-state index in [0.717, 1.165) is 25.2 Å². The van der Waals surface area contributed by atoms with E-state index in [1.807, 2.05) is 24.0 Å². The van der Waals surface area contributed by atoms with E-state index in [2.05, 4.69) is 23.1 Å². The van der Waals surface area contributed by atoms with Crippen LogP contribution in [0.25, 0.3) is 0 Å². The maximum atomic E-state index is 5.21. The van der Waals surface area contributed by atoms with Gasteiger partial charge in [-0.3, -0.25) is 0 Å². The maximum absolute atomic E-state index is 5.21. The van der Waals surface area contributed by atoms with Gasteiger partial charge in [0, 0.05) is 44.9 Å². The van der Waals surface area contributed by atoms with E-state index in [0.29, 0.717) is 6.04 Å². The molecule has 1 N–H and O–H groups in total. The summed E-state index contributed by atoms with van der Waals surface area (Å²) in [5.74, 6) is 3.74. The lowest BCUT2D eigenvalue weighted by Gasteiger charge is -2.10. The molecular weight excluding hydrogens is 174 g/mol. The minimum Gasteiger partial charge on any atom is -0.338 e. The predicted octanol–water partition coefficient (Wildman–Crippen LogP) is 0.964. The largest absolute Gasteiger partial charge is 0.338 e. The van der Waals surface area contributed by atoms with Crippen molar-refractivity contribution in [1.82, 2.24) is 14.9 Å². The molecule has 0 bridgehead atoms. The van der Waals surface area contributed by atoms with Gasteiger partial charge in [0.1, 0.15) is 5.82 Å². The van der Waals surface area contributed by atoms with Gasteiger partial charge in [0.2, 0.25) is 0 Å². The average Bonchev–Trinajstić information content (AvgIpc) is 2.52. The molecule has 0 saturated carbocycles. The molecule has 0 fully saturated rings. The fourth-order valence-corrected chi connectivity index (χ4v) is 1.32. The van der Waals surface area contributed by atoms with Gasteiger partial charge in [0.05, 0.1) is 0 Å². The molecule has 0 aromatic carbocycles. The Bertz CT molecular complexity index is 309. The summed E-state index contributed by atoms with van der Waals surface area (Å²) < 4.78 is 2.04. The molecule has 1 atom stereocenters. The van der Waals surface area contributed by atoms with Gasteiger partial charge in [0.25, 0.3) is 0 Å². The molecule has 3 nitrogen and oxygen atoms in total. The van der Waals surface area contributed by atoms with E-state index in [1.54, 1.807) is 0 Å². The first-order valence-electron chi connectivity index (χ1n) is 4.87. The molecule has 0 aliphatic carbocycles. The summed E-state index contributed by atoms with van der Waals surface area (Å²) in [5.41, 5.74) is 0. The number of rotatable bonds is 5. The van der Waals surface area contributed by atoms with Gasteiger partial charge in [0.15, 0.2) is 0 Å². The van der Waals surface area contributed by atoms with Crippen molar-refractivity contribution in [3.05, 3.63) is 18.2 Å². The van der Waals surface area contributed by atoms with Crippen LogP contribution in [0.2, 0.25) is 0 Å². The first-order valence-corrected chi connectivity index (χ1v) is 4.87. The molecule has 0 radical (unpaired) electrons. The van der Waals surface area contributed by atoms with Gasteiger partial charge in [-0.05, 0) is 6.92 Å². The van der Waals surface area contributed by atoms with Gasteiger partial charge in [-0.1, -0.05) is 0 Å². The quantitative estimate of drug-likeness (QED) is 0.703. The number of hydrogen-bond donors (Lipinski definition) is 1. The molecule has 14 heavy (non-hydrogen) atoms. The van der Waals surface area contributed by atoms with Crippen LogP contribution in [0.15, 0.2) is 12.4 Å². The van der Waals surface area contributed by atoms with Crippen LogP contribution < -0.4 is 5.32 Å². The number of aromatic nitrogens is 2. The van der Waals surface area contributed by atoms with Crippen molar-refractivity contribution >= 4 is 0 Å². The Morgan fingerprint density at radius 2 is 2.50 bits per heavy atom. The highest BCUT2D eigenvalue weighted by Gasteiger charge is 2.01. The van der Waals surface area contributed by atoms with Crippen LogP contribution in [0.5, 0.6) is 0 Å². The van der Waals surface area contributed by atoms with Crippen LogP contribution >= 0.6 is 0 Å². The molecule has 1 unspecified atom stereocenters. The number of aryl methyl sites for hydroxylation is 1. The molecule has 0 spiro atoms. The van der Waals surface area contributed by atoms with Crippen molar-refractivity contribution in [2.24, 2.45) is 7.05 Å². The van der Waals surface area contributed by atoms with Crippen LogP contribution in [-0.4, -0.2) is 22.1 Å². The lowest BCUT2D eigenvalue weighted by molar-refractivity contribution is 0.552. The van der Waals surface area contributed by atoms with E-state index in [9.17, 15) is 0 Å². The predicted molar refractivity (Wildman–Crippen MR) is 57.8 cm³/mol. The van der Waals surface area contributed by atoms with E-state index < -0.39 is 0 Å². The molecule has 0 aliphatic rings. The monoisotopic (exact) mass is 191 g/mol. The molecule has 0 saturated heterocycles. The van der Waals surface area contributed by atoms with Gasteiger partial charge in [-0.25, -0.2) is 4.98 Å². The summed E-state index contributed by atoms with van der Waals surface area (Å²) in [6.07, 6.45) is 10.7. The second-order valence-corrected chi connectivity index (χ2v) is 3.47. The maximum Gasteiger partial charge on any atom is 0.109 e. The smallest absolute Gasteiger partial charge is 0.109 e. The zero-order valence-electron chi connectivity index (χ0n) is 8.83. The molecule has 1 rings (SSSR count). The Balaban J connectivity index is 2.23. The van der Waals surface area contributed by atoms with Crippen molar-refractivity contribution in [2.75, 3.05) is 6.54 Å². The van der Waals surface area contributed by atoms with Gasteiger partial charge < -0.3 is 9.88 Å². The first-order chi connectivity index (χ1) is 6.74. The Kier molecular flexibility index (Phi) is 4.21. The average molecular weight is 191 g/mol. The number of hydrogen-bond acceptors (Lipinski definition) is 2. The second kappa shape index (κ2) is 5.46. The summed E-state index contributed by atoms with van der Waals surface area (Å²) in [7, 11) is 2.01. The summed E-state index contributed by atoms with van der Waals surface area (Å²) in [5, 5.41) is 3.35. The lowest BCUT2D eigenvalue weighted by Crippen LogP contribution is -2.28. The van der Waals surface area contributed by atoms with Crippen LogP contribution in [0.1, 0.15) is 19.2 Å². The lowest BCUT2D eigenvalue weighted by atomic mass is 10.2. The second-order valence-electron chi connectivity index (χ2n) is 3.47. The van der Waals surface area contributed by atoms with Crippen molar-refractivity contribution in [2.45, 2.75) is 25.8 Å². The summed E-state index contributed by atoms with van der Waals surface area (Å²) in [6, 6.07) is 0.389. The molecule has 1 aromatic rings. The molecule has 1 heterocycles. The summed E-state index contributed by atoms with van der Waals surface area (Å²) >= 11 is 0. The van der Waals surface area contributed by atoms with E-state index in [-0.39, 0.29) is 0 Å². The third-order valence-electron chi connectivity index (χ3n) is 2.19. The fourth-order valence-electron chi connectivity index (χ4n) is 1.32. The minimum atomic E-state index is 0.389. The topological polar surface area (TPSA) is 29.9 Å². The zero-order chi connectivity index (χ0) is 10.4. The SMILES string of the molecule is C#CCC(C)NCCc1nccn1C. The highest BCUT2D eigenvalue weighted by Crippen LogP contribution is 1.95. The summed E-state index contributed by atoms with van der Waals surface area (Å²) in [4.78, 5) is 4.24. The highest BCUT2D eigenvalue weighted by atomic mass is 15.0. The number of nitrogens with one attached hydrogen (secondary N) is 1. The Morgan fingerprint density at radius 1 is 1.71 bits per heavy atom. The molecule has 0 aliphatic heterocycles. The molecular formula is C11H17N3. The zero-order valence-corrected chi connectivity index (χ0v) is 8.83. The van der Waals surface area contributed by atoms with Crippen molar-refractivity contribution < 1.29 is 0 Å². The van der Waals surface area contributed by atoms with Crippen molar-refractivity contribution in [3.63, 3.8) is 0 Å². The minimum absolute atomic E-state index is 0.389. The third-order valence-corrected chi connectivity index (χ3v) is 2.19. The van der Waals surface area contributed by atoms with Crippen LogP contribution in [0.3, 0.4) is 0 Å². The number of nitrogens with zero attached hydrogens (tertiary/aromatic N) is 2. The van der Waals surface area contributed by atoms with E-state index >= 15 is 0 Å². The Hall–Kier alpha value is -1.27. The standard InChI is InChI=1S/C11H17N3/c1-4-5-10(2)12-7-6-11-13-8-9-14(11)3/h1,8-10,12H,5-7H2,2-3H3. The number of imidazole rings is 1. The van der Waals surface area contributed by atoms with Crippen molar-refractivity contribution in [1.29, 1.82) is 0 Å². The van der Waals surface area contributed by atoms with E-state index in [4.69, 9.17) is 6.42 Å². The Labute approximate surface area is 85.5 Å². The third kappa shape index (κ3) is 3.23. The molecule has 76 valence electrons. The van der Waals surface area contributed by atoms with Gasteiger partial charge >= 0.3 is 0 Å². The molecule has 0 amide bonds. The highest BCUT2D eigenvalue weighted by molar-refractivity contribution is 4.92.